The second-order valence-electron chi connectivity index (χ2n) is 5.02. The van der Waals surface area contributed by atoms with Gasteiger partial charge in [0.15, 0.2) is 0 Å². The first kappa shape index (κ1) is 13.0. The molecule has 0 bridgehead atoms. The molecular formula is C19H14N2S. The smallest absolute Gasteiger partial charge is 0.126 e. The van der Waals surface area contributed by atoms with Crippen molar-refractivity contribution in [2.45, 2.75) is 0 Å². The Labute approximate surface area is 133 Å². The number of aromatic nitrogens is 1. The summed E-state index contributed by atoms with van der Waals surface area (Å²) in [5.74, 6) is 0. The van der Waals surface area contributed by atoms with E-state index < -0.39 is 0 Å². The molecule has 0 unspecified atom stereocenters. The molecule has 0 aliphatic carbocycles. The highest BCUT2D eigenvalue weighted by atomic mass is 32.1. The zero-order chi connectivity index (χ0) is 14.8. The van der Waals surface area contributed by atoms with E-state index in [-0.39, 0.29) is 0 Å². The molecule has 0 aliphatic rings. The van der Waals surface area contributed by atoms with E-state index in [0.717, 1.165) is 27.5 Å². The summed E-state index contributed by atoms with van der Waals surface area (Å²) < 4.78 is 1.21. The van der Waals surface area contributed by atoms with Crippen molar-refractivity contribution in [2.75, 3.05) is 5.32 Å². The average molecular weight is 302 g/mol. The van der Waals surface area contributed by atoms with Crippen molar-refractivity contribution in [3.8, 4) is 10.6 Å². The van der Waals surface area contributed by atoms with E-state index in [4.69, 9.17) is 4.98 Å². The number of benzene rings is 3. The fourth-order valence-electron chi connectivity index (χ4n) is 2.44. The molecule has 0 spiro atoms. The van der Waals surface area contributed by atoms with Gasteiger partial charge in [-0.1, -0.05) is 42.5 Å². The molecule has 1 heterocycles. The van der Waals surface area contributed by atoms with E-state index in [1.54, 1.807) is 11.3 Å². The van der Waals surface area contributed by atoms with Gasteiger partial charge < -0.3 is 5.32 Å². The van der Waals surface area contributed by atoms with E-state index in [1.807, 2.05) is 30.3 Å². The minimum atomic E-state index is 1.04. The number of rotatable bonds is 3. The Morgan fingerprint density at radius 1 is 0.727 bits per heavy atom. The van der Waals surface area contributed by atoms with E-state index >= 15 is 0 Å². The van der Waals surface area contributed by atoms with Crippen molar-refractivity contribution in [2.24, 2.45) is 0 Å². The Kier molecular flexibility index (Phi) is 3.33. The Morgan fingerprint density at radius 2 is 1.45 bits per heavy atom. The van der Waals surface area contributed by atoms with Crippen molar-refractivity contribution < 1.29 is 0 Å². The van der Waals surface area contributed by atoms with Crippen molar-refractivity contribution in [3.63, 3.8) is 0 Å². The van der Waals surface area contributed by atoms with Gasteiger partial charge in [0.25, 0.3) is 0 Å². The summed E-state index contributed by atoms with van der Waals surface area (Å²) in [4.78, 5) is 4.76. The van der Waals surface area contributed by atoms with Crippen molar-refractivity contribution in [1.29, 1.82) is 0 Å². The van der Waals surface area contributed by atoms with Gasteiger partial charge in [-0.15, -0.1) is 11.3 Å². The van der Waals surface area contributed by atoms with E-state index in [1.165, 1.54) is 4.70 Å². The van der Waals surface area contributed by atoms with Crippen LogP contribution in [0.2, 0.25) is 0 Å². The van der Waals surface area contributed by atoms with Gasteiger partial charge in [0.05, 0.1) is 10.2 Å². The number of hydrogen-bond acceptors (Lipinski definition) is 3. The molecule has 1 aromatic heterocycles. The second-order valence-corrected chi connectivity index (χ2v) is 6.05. The molecule has 0 radical (unpaired) electrons. The third-order valence-corrected chi connectivity index (χ3v) is 4.57. The van der Waals surface area contributed by atoms with E-state index in [0.29, 0.717) is 0 Å². The minimum absolute atomic E-state index is 1.04. The summed E-state index contributed by atoms with van der Waals surface area (Å²) in [6.45, 7) is 0. The molecule has 0 saturated heterocycles. The lowest BCUT2D eigenvalue weighted by atomic mass is 10.1. The lowest BCUT2D eigenvalue weighted by molar-refractivity contribution is 1.46. The van der Waals surface area contributed by atoms with Crippen LogP contribution in [0.25, 0.3) is 20.8 Å². The Bertz CT molecular complexity index is 880. The van der Waals surface area contributed by atoms with Crippen LogP contribution in [0.15, 0.2) is 78.9 Å². The zero-order valence-electron chi connectivity index (χ0n) is 11.9. The summed E-state index contributed by atoms with van der Waals surface area (Å²) >= 11 is 1.72. The number of fused-ring (bicyclic) bond motifs is 1. The number of thiazole rings is 1. The maximum atomic E-state index is 4.76. The maximum Gasteiger partial charge on any atom is 0.126 e. The molecular weight excluding hydrogens is 288 g/mol. The Hall–Kier alpha value is -2.65. The predicted octanol–water partition coefficient (Wildman–Crippen LogP) is 5.71. The molecule has 0 saturated carbocycles. The van der Waals surface area contributed by atoms with Crippen LogP contribution >= 0.6 is 11.3 Å². The van der Waals surface area contributed by atoms with Gasteiger partial charge in [0, 0.05) is 16.9 Å². The minimum Gasteiger partial charge on any atom is -0.355 e. The fraction of sp³-hybridized carbons (Fsp3) is 0. The van der Waals surface area contributed by atoms with E-state index in [9.17, 15) is 0 Å². The van der Waals surface area contributed by atoms with Gasteiger partial charge in [0.2, 0.25) is 0 Å². The molecule has 106 valence electrons. The number of para-hydroxylation sites is 3. The Morgan fingerprint density at radius 3 is 2.32 bits per heavy atom. The first-order chi connectivity index (χ1) is 10.9. The van der Waals surface area contributed by atoms with Crippen molar-refractivity contribution in [3.05, 3.63) is 78.9 Å². The number of nitrogens with one attached hydrogen (secondary N) is 1. The SMILES string of the molecule is c1ccc(Nc2ccccc2-c2nc3ccccc3s2)cc1. The summed E-state index contributed by atoms with van der Waals surface area (Å²) in [5, 5.41) is 4.52. The van der Waals surface area contributed by atoms with Crippen molar-refractivity contribution >= 4 is 32.9 Å². The van der Waals surface area contributed by atoms with Crippen LogP contribution < -0.4 is 5.32 Å². The van der Waals surface area contributed by atoms with Crippen LogP contribution in [0, 0.1) is 0 Å². The fourth-order valence-corrected chi connectivity index (χ4v) is 3.45. The van der Waals surface area contributed by atoms with Gasteiger partial charge in [-0.3, -0.25) is 0 Å². The van der Waals surface area contributed by atoms with E-state index in [2.05, 4.69) is 53.8 Å². The number of hydrogen-bond donors (Lipinski definition) is 1. The molecule has 4 aromatic rings. The molecule has 0 fully saturated rings. The topological polar surface area (TPSA) is 24.9 Å². The van der Waals surface area contributed by atoms with Gasteiger partial charge in [0.1, 0.15) is 5.01 Å². The maximum absolute atomic E-state index is 4.76. The van der Waals surface area contributed by atoms with Crippen LogP contribution in [0.4, 0.5) is 11.4 Å². The molecule has 0 aliphatic heterocycles. The van der Waals surface area contributed by atoms with Gasteiger partial charge in [-0.05, 0) is 36.4 Å². The normalized spacial score (nSPS) is 10.7. The monoisotopic (exact) mass is 302 g/mol. The van der Waals surface area contributed by atoms with Crippen LogP contribution in [0.5, 0.6) is 0 Å². The highest BCUT2D eigenvalue weighted by Crippen LogP contribution is 2.35. The highest BCUT2D eigenvalue weighted by Gasteiger charge is 2.10. The van der Waals surface area contributed by atoms with Gasteiger partial charge >= 0.3 is 0 Å². The first-order valence-corrected chi connectivity index (χ1v) is 7.99. The molecule has 0 atom stereocenters. The van der Waals surface area contributed by atoms with Crippen LogP contribution in [-0.4, -0.2) is 4.98 Å². The predicted molar refractivity (Wildman–Crippen MR) is 94.8 cm³/mol. The van der Waals surface area contributed by atoms with Crippen LogP contribution in [-0.2, 0) is 0 Å². The number of anilines is 2. The van der Waals surface area contributed by atoms with Gasteiger partial charge in [-0.2, -0.15) is 0 Å². The summed E-state index contributed by atoms with van der Waals surface area (Å²) in [6, 6.07) is 26.8. The molecule has 1 N–H and O–H groups in total. The lowest BCUT2D eigenvalue weighted by Crippen LogP contribution is -1.92. The summed E-state index contributed by atoms with van der Waals surface area (Å²) in [7, 11) is 0. The van der Waals surface area contributed by atoms with Crippen molar-refractivity contribution in [1.82, 2.24) is 4.98 Å². The molecule has 3 aromatic carbocycles. The zero-order valence-corrected chi connectivity index (χ0v) is 12.7. The third-order valence-electron chi connectivity index (χ3n) is 3.50. The standard InChI is InChI=1S/C19H14N2S/c1-2-8-14(9-3-1)20-16-11-5-4-10-15(16)19-21-17-12-6-7-13-18(17)22-19/h1-13,20H. The number of nitrogens with zero attached hydrogens (tertiary/aromatic N) is 1. The van der Waals surface area contributed by atoms with Crippen LogP contribution in [0.1, 0.15) is 0 Å². The first-order valence-electron chi connectivity index (χ1n) is 7.17. The highest BCUT2D eigenvalue weighted by molar-refractivity contribution is 7.21. The molecule has 3 heteroatoms. The molecule has 0 amide bonds. The summed E-state index contributed by atoms with van der Waals surface area (Å²) in [5.41, 5.74) is 4.34. The molecule has 4 rings (SSSR count). The quantitative estimate of drug-likeness (QED) is 0.524. The van der Waals surface area contributed by atoms with Gasteiger partial charge in [-0.25, -0.2) is 4.98 Å². The molecule has 2 nitrogen and oxygen atoms in total. The largest absolute Gasteiger partial charge is 0.355 e. The summed E-state index contributed by atoms with van der Waals surface area (Å²) in [6.07, 6.45) is 0. The third kappa shape index (κ3) is 2.47. The van der Waals surface area contributed by atoms with Crippen LogP contribution in [0.3, 0.4) is 0 Å². The second kappa shape index (κ2) is 5.62. The molecule has 22 heavy (non-hydrogen) atoms. The average Bonchev–Trinajstić information content (AvgIpc) is 3.00. The Balaban J connectivity index is 1.78. The lowest BCUT2D eigenvalue weighted by Gasteiger charge is -2.10.